The van der Waals surface area contributed by atoms with Crippen LogP contribution in [0.2, 0.25) is 0 Å². The molecule has 0 spiro atoms. The van der Waals surface area contributed by atoms with Gasteiger partial charge in [0.2, 0.25) is 0 Å². The number of phosphoric ester groups is 1. The van der Waals surface area contributed by atoms with Gasteiger partial charge in [-0.1, -0.05) is 219 Å². The van der Waals surface area contributed by atoms with Crippen molar-refractivity contribution >= 4 is 25.7 Å². The Morgan fingerprint density at radius 3 is 1.10 bits per heavy atom. The fourth-order valence-electron chi connectivity index (χ4n) is 7.54. The minimum absolute atomic E-state index is 0.0325. The number of aliphatic hydroxyl groups excluding tert-OH is 1. The van der Waals surface area contributed by atoms with Crippen LogP contribution < -0.4 is 0 Å². The highest BCUT2D eigenvalue weighted by Crippen LogP contribution is 2.43. The zero-order valence-electron chi connectivity index (χ0n) is 48.8. The minimum atomic E-state index is -4.79. The molecule has 3 unspecified atom stereocenters. The monoisotopic (exact) mass is 1110 g/mol. The summed E-state index contributed by atoms with van der Waals surface area (Å²) >= 11 is 0. The molecule has 0 amide bonds. The van der Waals surface area contributed by atoms with E-state index < -0.39 is 57.8 Å². The number of ether oxygens (including phenoxy) is 3. The maximum Gasteiger partial charge on any atom is 0.472 e. The van der Waals surface area contributed by atoms with E-state index in [1.807, 2.05) is 12.2 Å². The van der Waals surface area contributed by atoms with Gasteiger partial charge < -0.3 is 24.2 Å². The Morgan fingerprint density at radius 1 is 0.372 bits per heavy atom. The molecule has 0 radical (unpaired) electrons. The molecule has 0 aromatic rings. The first-order valence-electron chi connectivity index (χ1n) is 30.1. The summed E-state index contributed by atoms with van der Waals surface area (Å²) in [4.78, 5) is 48.6. The average Bonchev–Trinajstić information content (AvgIpc) is 3.43. The molecule has 0 bridgehead atoms. The van der Waals surface area contributed by atoms with Gasteiger partial charge in [0.25, 0.3) is 0 Å². The van der Waals surface area contributed by atoms with Gasteiger partial charge in [0.1, 0.15) is 12.7 Å². The molecule has 3 atom stereocenters. The first kappa shape index (κ1) is 73.6. The van der Waals surface area contributed by atoms with Crippen LogP contribution in [0.1, 0.15) is 226 Å². The highest BCUT2D eigenvalue weighted by Gasteiger charge is 2.28. The lowest BCUT2D eigenvalue weighted by atomic mass is 10.1. The summed E-state index contributed by atoms with van der Waals surface area (Å²) in [5.41, 5.74) is 0. The van der Waals surface area contributed by atoms with Crippen molar-refractivity contribution < 1.29 is 52.2 Å². The van der Waals surface area contributed by atoms with E-state index in [1.54, 1.807) is 0 Å². The van der Waals surface area contributed by atoms with Gasteiger partial charge in [-0.15, -0.1) is 0 Å². The van der Waals surface area contributed by atoms with Gasteiger partial charge in [0.05, 0.1) is 19.8 Å². The molecule has 0 fully saturated rings. The molecular formula is C66H107O11P. The van der Waals surface area contributed by atoms with Crippen molar-refractivity contribution in [3.63, 3.8) is 0 Å². The minimum Gasteiger partial charge on any atom is -0.462 e. The molecule has 0 aliphatic heterocycles. The van der Waals surface area contributed by atoms with E-state index in [-0.39, 0.29) is 25.9 Å². The van der Waals surface area contributed by atoms with E-state index in [9.17, 15) is 28.9 Å². The van der Waals surface area contributed by atoms with Gasteiger partial charge in [-0.25, -0.2) is 4.57 Å². The second-order valence-corrected chi connectivity index (χ2v) is 20.8. The van der Waals surface area contributed by atoms with Crippen molar-refractivity contribution in [2.75, 3.05) is 26.4 Å². The molecule has 78 heavy (non-hydrogen) atoms. The van der Waals surface area contributed by atoms with Crippen LogP contribution in [0.4, 0.5) is 0 Å². The zero-order chi connectivity index (χ0) is 56.9. The van der Waals surface area contributed by atoms with Crippen LogP contribution in [0.15, 0.2) is 134 Å². The summed E-state index contributed by atoms with van der Waals surface area (Å²) < 4.78 is 39.5. The van der Waals surface area contributed by atoms with Crippen molar-refractivity contribution in [3.05, 3.63) is 134 Å². The molecule has 0 rings (SSSR count). The van der Waals surface area contributed by atoms with E-state index in [0.29, 0.717) is 25.7 Å². The third kappa shape index (κ3) is 56.3. The van der Waals surface area contributed by atoms with Gasteiger partial charge in [0, 0.05) is 19.3 Å². The molecule has 0 heterocycles. The lowest BCUT2D eigenvalue weighted by Crippen LogP contribution is -2.30. The standard InChI is InChI=1S/C66H107O11P/c1-4-7-10-13-16-19-22-25-28-30-31-33-36-39-42-45-48-51-54-57-66(70)77-63(59-73-64(68)55-52-49-46-43-40-37-35-32-29-26-23-20-17-14-11-8-5-2)61-75-78(71,72)74-60-62(58-67)76-65(69)56-53-50-47-44-41-38-34-27-24-21-18-15-12-9-6-3/h7,9-10,12,16-21,25-29,31,33-34,39,42,48,51,62-63,67H,4-6,8,11,13-15,22-24,30,32,35-38,40-41,43-47,49-50,52-61H2,1-3H3,(H,71,72)/b10-7-,12-9-,19-16-,20-17-,21-18-,28-25-,29-26-,33-31-,34-27-,42-39-,51-48-. The van der Waals surface area contributed by atoms with Crippen molar-refractivity contribution in [1.82, 2.24) is 0 Å². The Labute approximate surface area is 474 Å². The largest absolute Gasteiger partial charge is 0.472 e. The number of carbonyl (C=O) groups excluding carboxylic acids is 3. The zero-order valence-corrected chi connectivity index (χ0v) is 49.7. The SMILES string of the molecule is CC/C=C\C/C=C\C/C=C\C/C=C\C/C=C\C/C=C\CCC(=O)OC(COC(=O)CCCCCCCCC/C=C\C/C=C\CCCCC)COP(=O)(O)OCC(CO)OC(=O)CCCCCCC/C=C\C/C=C\C/C=C\CC. The molecular weight excluding hydrogens is 1000 g/mol. The smallest absolute Gasteiger partial charge is 0.462 e. The van der Waals surface area contributed by atoms with Gasteiger partial charge >= 0.3 is 25.7 Å². The van der Waals surface area contributed by atoms with Crippen molar-refractivity contribution in [3.8, 4) is 0 Å². The number of phosphoric acid groups is 1. The van der Waals surface area contributed by atoms with E-state index in [2.05, 4.69) is 142 Å². The number of rotatable bonds is 54. The van der Waals surface area contributed by atoms with Crippen LogP contribution >= 0.6 is 7.82 Å². The lowest BCUT2D eigenvalue weighted by Gasteiger charge is -2.21. The number of hydrogen-bond donors (Lipinski definition) is 2. The van der Waals surface area contributed by atoms with Crippen molar-refractivity contribution in [2.45, 2.75) is 238 Å². The maximum absolute atomic E-state index is 12.9. The van der Waals surface area contributed by atoms with E-state index >= 15 is 0 Å². The molecule has 0 saturated heterocycles. The Kier molecular flexibility index (Phi) is 55.5. The van der Waals surface area contributed by atoms with Crippen molar-refractivity contribution in [1.29, 1.82) is 0 Å². The lowest BCUT2D eigenvalue weighted by molar-refractivity contribution is -0.161. The van der Waals surface area contributed by atoms with Crippen LogP contribution in [-0.2, 0) is 42.2 Å². The fraction of sp³-hybridized carbons (Fsp3) is 0.621. The summed E-state index contributed by atoms with van der Waals surface area (Å²) in [6, 6.07) is 0. The van der Waals surface area contributed by atoms with E-state index in [0.717, 1.165) is 122 Å². The number of esters is 3. The highest BCUT2D eigenvalue weighted by atomic mass is 31.2. The second kappa shape index (κ2) is 58.8. The molecule has 2 N–H and O–H groups in total. The Morgan fingerprint density at radius 2 is 0.692 bits per heavy atom. The summed E-state index contributed by atoms with van der Waals surface area (Å²) in [6.45, 7) is 4.27. The van der Waals surface area contributed by atoms with Crippen molar-refractivity contribution in [2.24, 2.45) is 0 Å². The molecule has 0 saturated carbocycles. The maximum atomic E-state index is 12.9. The first-order chi connectivity index (χ1) is 38.2. The Hall–Kier alpha value is -4.38. The molecule has 11 nitrogen and oxygen atoms in total. The topological polar surface area (TPSA) is 155 Å². The predicted molar refractivity (Wildman–Crippen MR) is 325 cm³/mol. The molecule has 12 heteroatoms. The quantitative estimate of drug-likeness (QED) is 0.0197. The predicted octanol–water partition coefficient (Wildman–Crippen LogP) is 18.1. The van der Waals surface area contributed by atoms with Gasteiger partial charge in [-0.3, -0.25) is 23.4 Å². The molecule has 442 valence electrons. The van der Waals surface area contributed by atoms with Crippen LogP contribution in [0.5, 0.6) is 0 Å². The van der Waals surface area contributed by atoms with Gasteiger partial charge in [0.15, 0.2) is 6.10 Å². The number of carbonyl (C=O) groups is 3. The summed E-state index contributed by atoms with van der Waals surface area (Å²) in [5, 5.41) is 9.83. The molecule has 0 aromatic carbocycles. The van der Waals surface area contributed by atoms with Gasteiger partial charge in [-0.2, -0.15) is 0 Å². The number of allylic oxidation sites excluding steroid dienone is 22. The normalized spacial score (nSPS) is 14.3. The average molecular weight is 1110 g/mol. The van der Waals surface area contributed by atoms with Crippen LogP contribution in [0.3, 0.4) is 0 Å². The van der Waals surface area contributed by atoms with Crippen LogP contribution in [0, 0.1) is 0 Å². The number of unbranched alkanes of at least 4 members (excludes halogenated alkanes) is 15. The third-order valence-electron chi connectivity index (χ3n) is 12.1. The summed E-state index contributed by atoms with van der Waals surface area (Å²) in [6.07, 6.45) is 74.2. The first-order valence-corrected chi connectivity index (χ1v) is 31.6. The Bertz CT molecular complexity index is 1820. The number of hydrogen-bond acceptors (Lipinski definition) is 10. The van der Waals surface area contributed by atoms with Crippen LogP contribution in [-0.4, -0.2) is 66.5 Å². The summed E-state index contributed by atoms with van der Waals surface area (Å²) in [7, 11) is -4.79. The van der Waals surface area contributed by atoms with E-state index in [4.69, 9.17) is 23.3 Å². The van der Waals surface area contributed by atoms with Crippen LogP contribution in [0.25, 0.3) is 0 Å². The molecule has 0 aliphatic rings. The Balaban J connectivity index is 4.88. The summed E-state index contributed by atoms with van der Waals surface area (Å²) in [5.74, 6) is -1.61. The van der Waals surface area contributed by atoms with Gasteiger partial charge in [-0.05, 0) is 122 Å². The second-order valence-electron chi connectivity index (χ2n) is 19.4. The van der Waals surface area contributed by atoms with E-state index in [1.165, 1.54) is 38.5 Å². The molecule has 0 aromatic heterocycles. The third-order valence-corrected chi connectivity index (χ3v) is 13.0. The highest BCUT2D eigenvalue weighted by molar-refractivity contribution is 7.47. The number of aliphatic hydroxyl groups is 1. The molecule has 0 aliphatic carbocycles. The fourth-order valence-corrected chi connectivity index (χ4v) is 8.33.